The van der Waals surface area contributed by atoms with Crippen LogP contribution in [0.25, 0.3) is 0 Å². The van der Waals surface area contributed by atoms with E-state index in [1.807, 2.05) is 13.8 Å². The highest BCUT2D eigenvalue weighted by Gasteiger charge is 2.21. The van der Waals surface area contributed by atoms with Gasteiger partial charge in [-0.2, -0.15) is 0 Å². The number of hydrogen-bond donors (Lipinski definition) is 1. The van der Waals surface area contributed by atoms with Crippen molar-refractivity contribution in [1.82, 2.24) is 15.2 Å². The Hall–Kier alpha value is -0.770. The van der Waals surface area contributed by atoms with E-state index >= 15 is 0 Å². The minimum atomic E-state index is -3.77. The van der Waals surface area contributed by atoms with Crippen molar-refractivity contribution >= 4 is 54.8 Å². The summed E-state index contributed by atoms with van der Waals surface area (Å²) in [6.45, 7) is 3.87. The van der Waals surface area contributed by atoms with Gasteiger partial charge in [-0.05, 0) is 34.8 Å². The van der Waals surface area contributed by atoms with Crippen molar-refractivity contribution in [3.8, 4) is 0 Å². The van der Waals surface area contributed by atoms with Gasteiger partial charge in [-0.25, -0.2) is 18.1 Å². The Morgan fingerprint density at radius 2 is 1.95 bits per heavy atom. The fourth-order valence-electron chi connectivity index (χ4n) is 1.61. The molecular formula is C11H12BrClN4O2S2. The fraction of sp³-hybridized carbons (Fsp3) is 0.364. The molecule has 0 unspecified atom stereocenters. The molecule has 0 saturated heterocycles. The summed E-state index contributed by atoms with van der Waals surface area (Å²) in [5, 5.41) is 8.15. The van der Waals surface area contributed by atoms with E-state index in [0.29, 0.717) is 21.7 Å². The molecule has 0 aromatic carbocycles. The summed E-state index contributed by atoms with van der Waals surface area (Å²) < 4.78 is 27.4. The van der Waals surface area contributed by atoms with Crippen LogP contribution in [-0.4, -0.2) is 23.6 Å². The molecule has 2 rings (SSSR count). The molecule has 0 radical (unpaired) electrons. The number of thiophene rings is 1. The van der Waals surface area contributed by atoms with Gasteiger partial charge in [0, 0.05) is 0 Å². The van der Waals surface area contributed by atoms with Gasteiger partial charge in [-0.1, -0.05) is 25.4 Å². The maximum absolute atomic E-state index is 12.2. The molecule has 0 aliphatic carbocycles. The van der Waals surface area contributed by atoms with Gasteiger partial charge in [-0.3, -0.25) is 0 Å². The molecule has 6 nitrogen and oxygen atoms in total. The maximum Gasteiger partial charge on any atom is 0.273 e. The van der Waals surface area contributed by atoms with E-state index < -0.39 is 10.0 Å². The molecule has 2 heterocycles. The van der Waals surface area contributed by atoms with Gasteiger partial charge in [0.15, 0.2) is 0 Å². The number of aromatic nitrogens is 3. The third-order valence-corrected chi connectivity index (χ3v) is 6.90. The normalized spacial score (nSPS) is 11.6. The summed E-state index contributed by atoms with van der Waals surface area (Å²) in [5.74, 6) is -0.0373. The van der Waals surface area contributed by atoms with Crippen LogP contribution in [0.1, 0.15) is 25.2 Å². The highest BCUT2D eigenvalue weighted by molar-refractivity contribution is 9.11. The molecule has 2 aromatic heterocycles. The van der Waals surface area contributed by atoms with Crippen molar-refractivity contribution in [3.05, 3.63) is 26.3 Å². The highest BCUT2D eigenvalue weighted by Crippen LogP contribution is 2.35. The van der Waals surface area contributed by atoms with Crippen LogP contribution in [0.2, 0.25) is 5.02 Å². The topological polar surface area (TPSA) is 84.8 Å². The quantitative estimate of drug-likeness (QED) is 0.816. The second-order valence-electron chi connectivity index (χ2n) is 4.03. The first-order valence-corrected chi connectivity index (χ1v) is 9.54. The molecule has 114 valence electrons. The summed E-state index contributed by atoms with van der Waals surface area (Å²) >= 11 is 10.1. The van der Waals surface area contributed by atoms with Gasteiger partial charge in [0.2, 0.25) is 0 Å². The summed E-state index contributed by atoms with van der Waals surface area (Å²) in [6, 6.07) is 1.37. The van der Waals surface area contributed by atoms with Gasteiger partial charge in [0.1, 0.15) is 4.21 Å². The molecule has 0 atom stereocenters. The van der Waals surface area contributed by atoms with Crippen molar-refractivity contribution in [2.24, 2.45) is 0 Å². The zero-order chi connectivity index (χ0) is 15.6. The number of nitrogens with one attached hydrogen (secondary N) is 1. The summed E-state index contributed by atoms with van der Waals surface area (Å²) in [4.78, 5) is 4.20. The third-order valence-electron chi connectivity index (χ3n) is 2.62. The average Bonchev–Trinajstić information content (AvgIpc) is 2.79. The first kappa shape index (κ1) is 16.6. The molecule has 1 N–H and O–H groups in total. The molecule has 0 spiro atoms. The van der Waals surface area contributed by atoms with Crippen molar-refractivity contribution in [3.63, 3.8) is 0 Å². The van der Waals surface area contributed by atoms with E-state index in [1.165, 1.54) is 6.07 Å². The predicted octanol–water partition coefficient (Wildman–Crippen LogP) is 3.27. The van der Waals surface area contributed by atoms with Crippen molar-refractivity contribution < 1.29 is 8.42 Å². The lowest BCUT2D eigenvalue weighted by molar-refractivity contribution is 0.602. The number of rotatable bonds is 5. The SMILES string of the molecule is CCc1nnc(NS(=O)(=O)c2cc(Cl)c(Br)s2)nc1CC. The molecule has 0 saturated carbocycles. The number of sulfonamides is 1. The summed E-state index contributed by atoms with van der Waals surface area (Å²) in [5.41, 5.74) is 1.50. The molecule has 10 heteroatoms. The summed E-state index contributed by atoms with van der Waals surface area (Å²) in [7, 11) is -3.77. The standard InChI is InChI=1S/C11H12BrClN4O2S2/c1-3-7-8(4-2)15-16-11(14-7)17-21(18,19)9-5-6(13)10(12)20-9/h5H,3-4H2,1-2H3,(H,14,16,17). The number of hydrogen-bond acceptors (Lipinski definition) is 6. The number of anilines is 1. The van der Waals surface area contributed by atoms with E-state index in [2.05, 4.69) is 35.8 Å². The monoisotopic (exact) mass is 410 g/mol. The Balaban J connectivity index is 2.32. The molecule has 0 aliphatic rings. The zero-order valence-electron chi connectivity index (χ0n) is 11.2. The van der Waals surface area contributed by atoms with Crippen LogP contribution in [-0.2, 0) is 22.9 Å². The van der Waals surface area contributed by atoms with Crippen molar-refractivity contribution in [1.29, 1.82) is 0 Å². The summed E-state index contributed by atoms with van der Waals surface area (Å²) in [6.07, 6.45) is 1.35. The minimum absolute atomic E-state index is 0.0373. The number of halogens is 2. The zero-order valence-corrected chi connectivity index (χ0v) is 15.2. The van der Waals surface area contributed by atoms with Crippen LogP contribution in [0, 0.1) is 0 Å². The molecule has 2 aromatic rings. The van der Waals surface area contributed by atoms with Crippen LogP contribution in [0.3, 0.4) is 0 Å². The highest BCUT2D eigenvalue weighted by atomic mass is 79.9. The Morgan fingerprint density at radius 1 is 1.29 bits per heavy atom. The van der Waals surface area contributed by atoms with E-state index in [1.54, 1.807) is 0 Å². The lowest BCUT2D eigenvalue weighted by Crippen LogP contribution is -2.16. The fourth-order valence-corrected chi connectivity index (χ4v) is 4.95. The van der Waals surface area contributed by atoms with Crippen LogP contribution in [0.4, 0.5) is 5.95 Å². The van der Waals surface area contributed by atoms with Crippen molar-refractivity contribution in [2.75, 3.05) is 4.72 Å². The average molecular weight is 412 g/mol. The second-order valence-corrected chi connectivity index (χ2v) is 8.72. The van der Waals surface area contributed by atoms with E-state index in [-0.39, 0.29) is 10.2 Å². The van der Waals surface area contributed by atoms with E-state index in [4.69, 9.17) is 11.6 Å². The van der Waals surface area contributed by atoms with Gasteiger partial charge in [-0.15, -0.1) is 21.5 Å². The second kappa shape index (κ2) is 6.55. The first-order chi connectivity index (χ1) is 9.87. The largest absolute Gasteiger partial charge is 0.273 e. The van der Waals surface area contributed by atoms with E-state index in [9.17, 15) is 8.42 Å². The smallest absolute Gasteiger partial charge is 0.245 e. The number of aryl methyl sites for hydroxylation is 2. The van der Waals surface area contributed by atoms with Gasteiger partial charge in [0.25, 0.3) is 16.0 Å². The molecule has 0 fully saturated rings. The third kappa shape index (κ3) is 3.71. The van der Waals surface area contributed by atoms with Crippen LogP contribution >= 0.6 is 38.9 Å². The molecule has 0 amide bonds. The molecular weight excluding hydrogens is 400 g/mol. The number of nitrogens with zero attached hydrogens (tertiary/aromatic N) is 3. The molecule has 0 bridgehead atoms. The van der Waals surface area contributed by atoms with Gasteiger partial charge >= 0.3 is 0 Å². The lowest BCUT2D eigenvalue weighted by atomic mass is 10.2. The van der Waals surface area contributed by atoms with Crippen LogP contribution in [0.5, 0.6) is 0 Å². The van der Waals surface area contributed by atoms with Crippen LogP contribution < -0.4 is 4.72 Å². The van der Waals surface area contributed by atoms with Gasteiger partial charge in [0.05, 0.1) is 20.2 Å². The van der Waals surface area contributed by atoms with E-state index in [0.717, 1.165) is 22.7 Å². The van der Waals surface area contributed by atoms with Crippen LogP contribution in [0.15, 0.2) is 14.1 Å². The first-order valence-electron chi connectivity index (χ1n) is 6.07. The predicted molar refractivity (Wildman–Crippen MR) is 86.4 cm³/mol. The Kier molecular flexibility index (Phi) is 5.18. The maximum atomic E-state index is 12.2. The lowest BCUT2D eigenvalue weighted by Gasteiger charge is -2.07. The van der Waals surface area contributed by atoms with Gasteiger partial charge < -0.3 is 0 Å². The molecule has 0 aliphatic heterocycles. The Labute approximate surface area is 140 Å². The van der Waals surface area contributed by atoms with Crippen molar-refractivity contribution in [2.45, 2.75) is 30.9 Å². The Bertz CT molecular complexity index is 744. The minimum Gasteiger partial charge on any atom is -0.245 e. The molecule has 21 heavy (non-hydrogen) atoms. The Morgan fingerprint density at radius 3 is 2.48 bits per heavy atom.